The summed E-state index contributed by atoms with van der Waals surface area (Å²) in [5.41, 5.74) is 6.85. The highest BCUT2D eigenvalue weighted by molar-refractivity contribution is 5.70. The van der Waals surface area contributed by atoms with Crippen LogP contribution in [-0.4, -0.2) is 29.3 Å². The highest BCUT2D eigenvalue weighted by atomic mass is 16.3. The Morgan fingerprint density at radius 2 is 2.33 bits per heavy atom. The first-order chi connectivity index (χ1) is 8.77. The number of rotatable bonds is 2. The Bertz CT molecular complexity index is 455. The van der Waals surface area contributed by atoms with Crippen LogP contribution >= 0.6 is 0 Å². The first-order valence-electron chi connectivity index (χ1n) is 6.30. The molecule has 1 saturated heterocycles. The van der Waals surface area contributed by atoms with Gasteiger partial charge in [0.1, 0.15) is 6.07 Å². The molecule has 2 rings (SSSR count). The van der Waals surface area contributed by atoms with Gasteiger partial charge in [-0.2, -0.15) is 5.26 Å². The Hall–Kier alpha value is -1.80. The molecule has 1 aliphatic heterocycles. The smallest absolute Gasteiger partial charge is 0.153 e. The number of nitrogens with two attached hydrogens (primary N) is 1. The fourth-order valence-electron chi connectivity index (χ4n) is 2.43. The van der Waals surface area contributed by atoms with E-state index in [4.69, 9.17) is 11.0 Å². The normalized spacial score (nSPS) is 20.2. The third-order valence-corrected chi connectivity index (χ3v) is 3.45. The molecule has 0 radical (unpaired) electrons. The van der Waals surface area contributed by atoms with Gasteiger partial charge in [-0.3, -0.25) is 0 Å². The summed E-state index contributed by atoms with van der Waals surface area (Å²) in [5.74, 6) is 0.634. The lowest BCUT2D eigenvalue weighted by Crippen LogP contribution is -2.38. The summed E-state index contributed by atoms with van der Waals surface area (Å²) in [6.45, 7) is 0.926. The zero-order valence-electron chi connectivity index (χ0n) is 10.3. The summed E-state index contributed by atoms with van der Waals surface area (Å²) in [7, 11) is 0. The number of aliphatic hydroxyl groups excluding tert-OH is 1. The maximum absolute atomic E-state index is 9.49. The number of anilines is 2. The number of nitrogen functional groups attached to an aromatic ring is 1. The van der Waals surface area contributed by atoms with Crippen LogP contribution in [0.1, 0.15) is 31.2 Å². The van der Waals surface area contributed by atoms with E-state index >= 15 is 0 Å². The Morgan fingerprint density at radius 3 is 3.06 bits per heavy atom. The Balaban J connectivity index is 2.36. The van der Waals surface area contributed by atoms with Crippen LogP contribution in [0.5, 0.6) is 0 Å². The van der Waals surface area contributed by atoms with Gasteiger partial charge < -0.3 is 15.7 Å². The van der Waals surface area contributed by atoms with Crippen molar-refractivity contribution in [2.75, 3.05) is 23.8 Å². The standard InChI is InChI=1S/C13H18N4O/c14-8-10-5-6-16-13(12(10)15)17-7-3-1-2-4-11(17)9-18/h5-6,11,18H,1-4,7,9,15H2. The van der Waals surface area contributed by atoms with Crippen LogP contribution in [-0.2, 0) is 0 Å². The van der Waals surface area contributed by atoms with Gasteiger partial charge in [0.2, 0.25) is 0 Å². The summed E-state index contributed by atoms with van der Waals surface area (Å²) in [6.07, 6.45) is 5.87. The van der Waals surface area contributed by atoms with Gasteiger partial charge in [-0.1, -0.05) is 12.8 Å². The molecule has 1 unspecified atom stereocenters. The van der Waals surface area contributed by atoms with Gasteiger partial charge in [-0.05, 0) is 18.9 Å². The molecule has 2 heterocycles. The SMILES string of the molecule is N#Cc1ccnc(N2CCCCCC2CO)c1N. The van der Waals surface area contributed by atoms with E-state index in [1.165, 1.54) is 0 Å². The van der Waals surface area contributed by atoms with Crippen molar-refractivity contribution >= 4 is 11.5 Å². The van der Waals surface area contributed by atoms with Crippen LogP contribution in [0.2, 0.25) is 0 Å². The van der Waals surface area contributed by atoms with Crippen molar-refractivity contribution < 1.29 is 5.11 Å². The summed E-state index contributed by atoms with van der Waals surface area (Å²) in [4.78, 5) is 6.33. The predicted molar refractivity (Wildman–Crippen MR) is 70.1 cm³/mol. The lowest BCUT2D eigenvalue weighted by atomic mass is 10.1. The lowest BCUT2D eigenvalue weighted by Gasteiger charge is -2.30. The topological polar surface area (TPSA) is 86.2 Å². The van der Waals surface area contributed by atoms with Crippen molar-refractivity contribution in [3.63, 3.8) is 0 Å². The van der Waals surface area contributed by atoms with E-state index in [0.29, 0.717) is 17.1 Å². The monoisotopic (exact) mass is 246 g/mol. The molecule has 0 bridgehead atoms. The van der Waals surface area contributed by atoms with Crippen molar-refractivity contribution in [1.29, 1.82) is 5.26 Å². The zero-order chi connectivity index (χ0) is 13.0. The average molecular weight is 246 g/mol. The summed E-state index contributed by atoms with van der Waals surface area (Å²) in [6, 6.07) is 3.74. The molecule has 3 N–H and O–H groups in total. The maximum atomic E-state index is 9.49. The molecule has 0 saturated carbocycles. The highest BCUT2D eigenvalue weighted by Crippen LogP contribution is 2.28. The van der Waals surface area contributed by atoms with Crippen LogP contribution in [0, 0.1) is 11.3 Å². The lowest BCUT2D eigenvalue weighted by molar-refractivity contribution is 0.254. The molecule has 5 heteroatoms. The first kappa shape index (κ1) is 12.7. The van der Waals surface area contributed by atoms with E-state index in [9.17, 15) is 5.11 Å². The van der Waals surface area contributed by atoms with Gasteiger partial charge in [0.05, 0.1) is 23.9 Å². The quantitative estimate of drug-likeness (QED) is 0.820. The fourth-order valence-corrected chi connectivity index (χ4v) is 2.43. The Labute approximate surface area is 107 Å². The molecule has 18 heavy (non-hydrogen) atoms. The van der Waals surface area contributed by atoms with Crippen LogP contribution in [0.3, 0.4) is 0 Å². The first-order valence-corrected chi connectivity index (χ1v) is 6.30. The largest absolute Gasteiger partial charge is 0.395 e. The van der Waals surface area contributed by atoms with Crippen molar-refractivity contribution in [2.45, 2.75) is 31.7 Å². The number of nitrogens with zero attached hydrogens (tertiary/aromatic N) is 3. The zero-order valence-corrected chi connectivity index (χ0v) is 10.3. The van der Waals surface area contributed by atoms with Gasteiger partial charge in [0, 0.05) is 12.7 Å². The third-order valence-electron chi connectivity index (χ3n) is 3.45. The van der Waals surface area contributed by atoms with E-state index in [-0.39, 0.29) is 12.6 Å². The number of aliphatic hydroxyl groups is 1. The molecule has 1 fully saturated rings. The van der Waals surface area contributed by atoms with Gasteiger partial charge in [-0.25, -0.2) is 4.98 Å². The Morgan fingerprint density at radius 1 is 1.50 bits per heavy atom. The van der Waals surface area contributed by atoms with Gasteiger partial charge in [-0.15, -0.1) is 0 Å². The molecule has 1 aromatic rings. The molecule has 0 spiro atoms. The minimum Gasteiger partial charge on any atom is -0.395 e. The fraction of sp³-hybridized carbons (Fsp3) is 0.538. The van der Waals surface area contributed by atoms with Gasteiger partial charge >= 0.3 is 0 Å². The number of hydrogen-bond donors (Lipinski definition) is 2. The molecule has 1 atom stereocenters. The number of nitriles is 1. The van der Waals surface area contributed by atoms with Crippen LogP contribution in [0.25, 0.3) is 0 Å². The van der Waals surface area contributed by atoms with Gasteiger partial charge in [0.25, 0.3) is 0 Å². The van der Waals surface area contributed by atoms with Crippen LogP contribution < -0.4 is 10.6 Å². The number of pyridine rings is 1. The number of aromatic nitrogens is 1. The highest BCUT2D eigenvalue weighted by Gasteiger charge is 2.23. The van der Waals surface area contributed by atoms with E-state index < -0.39 is 0 Å². The molecular weight excluding hydrogens is 228 g/mol. The molecule has 0 aromatic carbocycles. The summed E-state index contributed by atoms with van der Waals surface area (Å²) in [5, 5.41) is 18.5. The molecule has 1 aromatic heterocycles. The van der Waals surface area contributed by atoms with Crippen molar-refractivity contribution in [3.05, 3.63) is 17.8 Å². The second-order valence-corrected chi connectivity index (χ2v) is 4.59. The van der Waals surface area contributed by atoms with Gasteiger partial charge in [0.15, 0.2) is 5.82 Å². The second kappa shape index (κ2) is 5.69. The van der Waals surface area contributed by atoms with E-state index in [0.717, 1.165) is 32.2 Å². The van der Waals surface area contributed by atoms with Crippen molar-refractivity contribution in [2.24, 2.45) is 0 Å². The molecule has 96 valence electrons. The van der Waals surface area contributed by atoms with Crippen molar-refractivity contribution in [3.8, 4) is 6.07 Å². The third kappa shape index (κ3) is 2.39. The number of hydrogen-bond acceptors (Lipinski definition) is 5. The Kier molecular flexibility index (Phi) is 4.00. The molecule has 0 aliphatic carbocycles. The van der Waals surface area contributed by atoms with Crippen LogP contribution in [0.4, 0.5) is 11.5 Å². The molecule has 0 amide bonds. The second-order valence-electron chi connectivity index (χ2n) is 4.59. The summed E-state index contributed by atoms with van der Waals surface area (Å²) >= 11 is 0. The minimum absolute atomic E-state index is 0.0521. The van der Waals surface area contributed by atoms with E-state index in [2.05, 4.69) is 11.1 Å². The average Bonchev–Trinajstić information content (AvgIpc) is 2.64. The van der Waals surface area contributed by atoms with Crippen LogP contribution in [0.15, 0.2) is 12.3 Å². The maximum Gasteiger partial charge on any atom is 0.153 e. The molecular formula is C13H18N4O. The predicted octanol–water partition coefficient (Wildman–Crippen LogP) is 1.28. The summed E-state index contributed by atoms with van der Waals surface area (Å²) < 4.78 is 0. The molecule has 5 nitrogen and oxygen atoms in total. The molecule has 1 aliphatic rings. The van der Waals surface area contributed by atoms with Crippen molar-refractivity contribution in [1.82, 2.24) is 4.98 Å². The minimum atomic E-state index is 0.0521. The van der Waals surface area contributed by atoms with E-state index in [1.54, 1.807) is 12.3 Å². The van der Waals surface area contributed by atoms with E-state index in [1.807, 2.05) is 4.90 Å².